The van der Waals surface area contributed by atoms with Crippen molar-refractivity contribution in [2.24, 2.45) is 0 Å². The van der Waals surface area contributed by atoms with Crippen molar-refractivity contribution in [1.82, 2.24) is 44.9 Å². The standard InChI is InChI=1S/C51H55N10O9P/c1-33(2)61(34(3)4)71(68-28-12-26-52)70-44-29-46(60-31-37(49(63)55-50(60)64)13-11-27-53-48(62)36-16-25-43(54-30-36)47-58-56-35(5)57-59-47)69-45(44)32-67-51(38-14-9-8-10-15-38,39-17-21-41(65-6)22-18-39)40-19-23-42(66-7)24-20-40/h8-10,14-25,30-31,33-34,44-46H,12,27-29,32H2,1-7H3,(H,53,62)(H,55,63,64)/t44-,45-,46-,71?/m1/s1. The van der Waals surface area contributed by atoms with E-state index in [1.54, 1.807) is 33.3 Å². The van der Waals surface area contributed by atoms with Gasteiger partial charge in [-0.1, -0.05) is 66.4 Å². The van der Waals surface area contributed by atoms with Crippen molar-refractivity contribution in [3.05, 3.63) is 158 Å². The van der Waals surface area contributed by atoms with Crippen molar-refractivity contribution in [3.8, 4) is 40.9 Å². The summed E-state index contributed by atoms with van der Waals surface area (Å²) in [6, 6.07) is 30.4. The van der Waals surface area contributed by atoms with Gasteiger partial charge in [-0.25, -0.2) is 9.46 Å². The van der Waals surface area contributed by atoms with Crippen LogP contribution in [0.1, 0.15) is 85.2 Å². The molecule has 1 aliphatic rings. The number of aromatic nitrogens is 7. The molecule has 0 bridgehead atoms. The van der Waals surface area contributed by atoms with Crippen LogP contribution in [-0.4, -0.2) is 104 Å². The Balaban J connectivity index is 1.20. The largest absolute Gasteiger partial charge is 0.497 e. The van der Waals surface area contributed by atoms with Gasteiger partial charge in [-0.05, 0) is 87.7 Å². The molecule has 3 aromatic heterocycles. The molecule has 6 aromatic rings. The Morgan fingerprint density at radius 1 is 0.915 bits per heavy atom. The van der Waals surface area contributed by atoms with E-state index in [9.17, 15) is 19.6 Å². The maximum atomic E-state index is 13.7. The van der Waals surface area contributed by atoms with Crippen molar-refractivity contribution in [2.75, 3.05) is 34.0 Å². The van der Waals surface area contributed by atoms with E-state index in [1.807, 2.05) is 107 Å². The van der Waals surface area contributed by atoms with E-state index in [4.69, 9.17) is 28.0 Å². The van der Waals surface area contributed by atoms with Crippen molar-refractivity contribution in [2.45, 2.75) is 83.6 Å². The number of nitrogens with one attached hydrogen (secondary N) is 2. The zero-order valence-electron chi connectivity index (χ0n) is 40.4. The lowest BCUT2D eigenvalue weighted by molar-refractivity contribution is -0.0925. The summed E-state index contributed by atoms with van der Waals surface area (Å²) in [7, 11) is 1.43. The second kappa shape index (κ2) is 24.1. The van der Waals surface area contributed by atoms with Crippen LogP contribution in [-0.2, 0) is 24.1 Å². The number of rotatable bonds is 20. The summed E-state index contributed by atoms with van der Waals surface area (Å²) in [5.74, 6) is 7.09. The molecule has 0 saturated carbocycles. The van der Waals surface area contributed by atoms with Crippen LogP contribution in [0.4, 0.5) is 0 Å². The van der Waals surface area contributed by atoms with E-state index in [2.05, 4.69) is 58.3 Å². The first-order valence-corrected chi connectivity index (χ1v) is 24.0. The van der Waals surface area contributed by atoms with Crippen LogP contribution in [0.2, 0.25) is 0 Å². The summed E-state index contributed by atoms with van der Waals surface area (Å²) >= 11 is 0. The Labute approximate surface area is 412 Å². The number of amides is 1. The Kier molecular flexibility index (Phi) is 17.5. The van der Waals surface area contributed by atoms with E-state index in [0.717, 1.165) is 16.7 Å². The minimum absolute atomic E-state index is 0.00783. The lowest BCUT2D eigenvalue weighted by Gasteiger charge is -2.39. The molecule has 71 heavy (non-hydrogen) atoms. The summed E-state index contributed by atoms with van der Waals surface area (Å²) in [6.07, 6.45) is 0.451. The molecule has 1 saturated heterocycles. The highest BCUT2D eigenvalue weighted by molar-refractivity contribution is 7.44. The average molecular weight is 983 g/mol. The molecule has 0 radical (unpaired) electrons. The molecule has 4 heterocycles. The van der Waals surface area contributed by atoms with Crippen molar-refractivity contribution in [3.63, 3.8) is 0 Å². The highest BCUT2D eigenvalue weighted by atomic mass is 31.2. The third-order valence-electron chi connectivity index (χ3n) is 11.4. The van der Waals surface area contributed by atoms with E-state index in [1.165, 1.54) is 17.0 Å². The van der Waals surface area contributed by atoms with Crippen molar-refractivity contribution in [1.29, 1.82) is 5.26 Å². The number of carbonyl (C=O) groups is 1. The molecule has 4 atom stereocenters. The fraction of sp³-hybridized carbons (Fsp3) is 0.353. The summed E-state index contributed by atoms with van der Waals surface area (Å²) in [6.45, 7) is 9.77. The van der Waals surface area contributed by atoms with E-state index in [0.29, 0.717) is 23.0 Å². The van der Waals surface area contributed by atoms with Crippen LogP contribution in [0, 0.1) is 30.1 Å². The predicted octanol–water partition coefficient (Wildman–Crippen LogP) is 6.24. The number of hydrogen-bond donors (Lipinski definition) is 2. The molecule has 1 amide bonds. The molecule has 3 aromatic carbocycles. The quantitative estimate of drug-likeness (QED) is 0.0373. The molecule has 368 valence electrons. The zero-order valence-corrected chi connectivity index (χ0v) is 41.3. The van der Waals surface area contributed by atoms with Crippen LogP contribution in [0.5, 0.6) is 11.5 Å². The maximum absolute atomic E-state index is 13.7. The van der Waals surface area contributed by atoms with Gasteiger partial charge in [-0.3, -0.25) is 24.1 Å². The molecule has 2 N–H and O–H groups in total. The number of nitrogens with zero attached hydrogens (tertiary/aromatic N) is 8. The molecular weight excluding hydrogens is 928 g/mol. The Bertz CT molecular complexity index is 2880. The van der Waals surface area contributed by atoms with E-state index >= 15 is 0 Å². The highest BCUT2D eigenvalue weighted by Crippen LogP contribution is 2.50. The number of benzene rings is 3. The smallest absolute Gasteiger partial charge is 0.330 e. The van der Waals surface area contributed by atoms with Gasteiger partial charge in [0.25, 0.3) is 20.0 Å². The first-order valence-electron chi connectivity index (χ1n) is 22.9. The van der Waals surface area contributed by atoms with Crippen molar-refractivity contribution < 1.29 is 32.8 Å². The monoisotopic (exact) mass is 982 g/mol. The predicted molar refractivity (Wildman–Crippen MR) is 263 cm³/mol. The number of ether oxygens (including phenoxy) is 4. The molecule has 1 unspecified atom stereocenters. The second-order valence-electron chi connectivity index (χ2n) is 16.8. The van der Waals surface area contributed by atoms with Crippen LogP contribution >= 0.6 is 8.53 Å². The fourth-order valence-electron chi connectivity index (χ4n) is 8.02. The SMILES string of the molecule is COc1ccc(C(OC[C@H]2O[C@@H](n3cc(C#CCNC(=O)c4ccc(-c5nnc(C)nn5)nc4)c(=O)[nH]c3=O)C[C@H]2OP(OCCC#N)N(C(C)C)C(C)C)(c2ccccc2)c2ccc(OC)cc2)cc1. The lowest BCUT2D eigenvalue weighted by atomic mass is 9.80. The van der Waals surface area contributed by atoms with Gasteiger partial charge >= 0.3 is 5.69 Å². The minimum atomic E-state index is -1.78. The normalized spacial score (nSPS) is 16.0. The summed E-state index contributed by atoms with van der Waals surface area (Å²) in [5.41, 5.74) is 0.343. The summed E-state index contributed by atoms with van der Waals surface area (Å²) in [4.78, 5) is 46.5. The molecule has 19 nitrogen and oxygen atoms in total. The summed E-state index contributed by atoms with van der Waals surface area (Å²) < 4.78 is 41.9. The second-order valence-corrected chi connectivity index (χ2v) is 18.2. The number of pyridine rings is 1. The van der Waals surface area contributed by atoms with Crippen LogP contribution in [0.25, 0.3) is 11.5 Å². The van der Waals surface area contributed by atoms with Gasteiger partial charge in [-0.2, -0.15) is 5.26 Å². The lowest BCUT2D eigenvalue weighted by Crippen LogP contribution is -2.39. The highest BCUT2D eigenvalue weighted by Gasteiger charge is 2.45. The van der Waals surface area contributed by atoms with E-state index in [-0.39, 0.29) is 61.6 Å². The van der Waals surface area contributed by atoms with Crippen LogP contribution < -0.4 is 26.0 Å². The van der Waals surface area contributed by atoms with Gasteiger partial charge in [0.1, 0.15) is 40.7 Å². The number of nitriles is 1. The molecule has 0 aliphatic carbocycles. The first kappa shape index (κ1) is 51.6. The van der Waals surface area contributed by atoms with Crippen LogP contribution in [0.3, 0.4) is 0 Å². The molecule has 20 heteroatoms. The number of H-pyrrole nitrogens is 1. The number of carbonyl (C=O) groups excluding carboxylic acids is 1. The summed E-state index contributed by atoms with van der Waals surface area (Å²) in [5, 5.41) is 27.8. The molecule has 0 spiro atoms. The van der Waals surface area contributed by atoms with E-state index < -0.39 is 49.7 Å². The van der Waals surface area contributed by atoms with Gasteiger partial charge < -0.3 is 33.3 Å². The number of aryl methyl sites for hydroxylation is 1. The fourth-order valence-corrected chi connectivity index (χ4v) is 9.78. The molecular formula is C51H55N10O9P. The third-order valence-corrected chi connectivity index (χ3v) is 13.5. The maximum Gasteiger partial charge on any atom is 0.330 e. The van der Waals surface area contributed by atoms with Gasteiger partial charge in [0.05, 0.1) is 58.1 Å². The van der Waals surface area contributed by atoms with Crippen molar-refractivity contribution >= 4 is 14.4 Å². The van der Waals surface area contributed by atoms with Gasteiger partial charge in [-0.15, -0.1) is 20.4 Å². The van der Waals surface area contributed by atoms with Crippen LogP contribution in [0.15, 0.2) is 113 Å². The third kappa shape index (κ3) is 12.4. The molecule has 7 rings (SSSR count). The van der Waals surface area contributed by atoms with Gasteiger partial charge in [0, 0.05) is 30.9 Å². The zero-order chi connectivity index (χ0) is 50.5. The number of aromatic amines is 1. The number of methoxy groups -OCH3 is 2. The number of hydrogen-bond acceptors (Lipinski definition) is 16. The van der Waals surface area contributed by atoms with Gasteiger partial charge in [0.15, 0.2) is 5.82 Å². The van der Waals surface area contributed by atoms with Gasteiger partial charge in [0.2, 0.25) is 5.82 Å². The first-order chi connectivity index (χ1) is 34.3. The molecule has 1 fully saturated rings. The Hall–Kier alpha value is -7.22. The molecule has 1 aliphatic heterocycles. The Morgan fingerprint density at radius 3 is 2.13 bits per heavy atom. The average Bonchev–Trinajstić information content (AvgIpc) is 3.78. The Morgan fingerprint density at radius 2 is 1.55 bits per heavy atom. The topological polar surface area (TPSA) is 231 Å². The minimum Gasteiger partial charge on any atom is -0.497 e.